The molecular formula is C17H23NO2. The number of hydrogen-bond acceptors (Lipinski definition) is 2. The Morgan fingerprint density at radius 1 is 1.25 bits per heavy atom. The van der Waals surface area contributed by atoms with Gasteiger partial charge in [0.2, 0.25) is 0 Å². The minimum absolute atomic E-state index is 0.0616. The van der Waals surface area contributed by atoms with Crippen LogP contribution in [0.2, 0.25) is 0 Å². The van der Waals surface area contributed by atoms with Crippen molar-refractivity contribution in [3.05, 3.63) is 35.4 Å². The van der Waals surface area contributed by atoms with Crippen LogP contribution in [0, 0.1) is 11.3 Å². The highest BCUT2D eigenvalue weighted by atomic mass is 16.4. The van der Waals surface area contributed by atoms with Gasteiger partial charge in [-0.25, -0.2) is 0 Å². The maximum Gasteiger partial charge on any atom is 0.307 e. The summed E-state index contributed by atoms with van der Waals surface area (Å²) in [5.41, 5.74) is 2.89. The summed E-state index contributed by atoms with van der Waals surface area (Å²) in [6.07, 6.45) is 4.10. The number of piperidine rings is 1. The number of carbonyl (C=O) groups is 1. The molecule has 108 valence electrons. The van der Waals surface area contributed by atoms with Crippen molar-refractivity contribution in [2.24, 2.45) is 11.3 Å². The number of aliphatic carboxylic acids is 1. The zero-order chi connectivity index (χ0) is 14.2. The van der Waals surface area contributed by atoms with Crippen LogP contribution in [0.3, 0.4) is 0 Å². The van der Waals surface area contributed by atoms with Crippen LogP contribution >= 0.6 is 0 Å². The molecule has 20 heavy (non-hydrogen) atoms. The SMILES string of the molecule is CCc1ccc(CN2CCC3(CC2)CC3C(=O)O)cc1. The quantitative estimate of drug-likeness (QED) is 0.917. The zero-order valence-electron chi connectivity index (χ0n) is 12.1. The Morgan fingerprint density at radius 2 is 1.85 bits per heavy atom. The van der Waals surface area contributed by atoms with Crippen LogP contribution in [0.15, 0.2) is 24.3 Å². The van der Waals surface area contributed by atoms with Crippen molar-refractivity contribution in [3.63, 3.8) is 0 Å². The number of carboxylic acid groups (broad SMARTS) is 1. The van der Waals surface area contributed by atoms with E-state index in [1.807, 2.05) is 0 Å². The van der Waals surface area contributed by atoms with Gasteiger partial charge in [-0.15, -0.1) is 0 Å². The molecule has 1 atom stereocenters. The minimum Gasteiger partial charge on any atom is -0.481 e. The Kier molecular flexibility index (Phi) is 3.55. The van der Waals surface area contributed by atoms with Crippen LogP contribution in [0.5, 0.6) is 0 Å². The molecule has 2 fully saturated rings. The lowest BCUT2D eigenvalue weighted by atomic mass is 9.90. The molecule has 1 heterocycles. The lowest BCUT2D eigenvalue weighted by molar-refractivity contribution is -0.139. The van der Waals surface area contributed by atoms with E-state index >= 15 is 0 Å². The lowest BCUT2D eigenvalue weighted by Gasteiger charge is -2.32. The van der Waals surface area contributed by atoms with Crippen molar-refractivity contribution in [1.82, 2.24) is 4.90 Å². The van der Waals surface area contributed by atoms with Crippen molar-refractivity contribution < 1.29 is 9.90 Å². The third kappa shape index (κ3) is 2.59. The first-order valence-electron chi connectivity index (χ1n) is 7.66. The molecule has 0 radical (unpaired) electrons. The van der Waals surface area contributed by atoms with E-state index in [-0.39, 0.29) is 11.3 Å². The van der Waals surface area contributed by atoms with Gasteiger partial charge >= 0.3 is 5.97 Å². The zero-order valence-corrected chi connectivity index (χ0v) is 12.1. The summed E-state index contributed by atoms with van der Waals surface area (Å²) < 4.78 is 0. The fourth-order valence-electron chi connectivity index (χ4n) is 3.54. The molecule has 1 spiro atoms. The van der Waals surface area contributed by atoms with Crippen LogP contribution in [0.25, 0.3) is 0 Å². The van der Waals surface area contributed by atoms with E-state index in [1.165, 1.54) is 11.1 Å². The molecule has 1 saturated carbocycles. The van der Waals surface area contributed by atoms with E-state index in [1.54, 1.807) is 0 Å². The van der Waals surface area contributed by atoms with Gasteiger partial charge in [-0.1, -0.05) is 31.2 Å². The smallest absolute Gasteiger partial charge is 0.307 e. The predicted octanol–water partition coefficient (Wildman–Crippen LogP) is 2.94. The molecule has 3 nitrogen and oxygen atoms in total. The molecule has 1 aromatic carbocycles. The Hall–Kier alpha value is -1.35. The Labute approximate surface area is 120 Å². The normalized spacial score (nSPS) is 24.8. The second kappa shape index (κ2) is 5.21. The molecular weight excluding hydrogens is 250 g/mol. The van der Waals surface area contributed by atoms with E-state index in [4.69, 9.17) is 5.11 Å². The maximum atomic E-state index is 11.1. The van der Waals surface area contributed by atoms with Gasteiger partial charge in [0, 0.05) is 6.54 Å². The molecule has 3 heteroatoms. The molecule has 0 aromatic heterocycles. The van der Waals surface area contributed by atoms with Crippen molar-refractivity contribution in [3.8, 4) is 0 Å². The first-order valence-corrected chi connectivity index (χ1v) is 7.66. The molecule has 1 unspecified atom stereocenters. The van der Waals surface area contributed by atoms with E-state index in [9.17, 15) is 4.79 Å². The van der Waals surface area contributed by atoms with Gasteiger partial charge in [0.1, 0.15) is 0 Å². The van der Waals surface area contributed by atoms with Crippen molar-refractivity contribution in [2.75, 3.05) is 13.1 Å². The van der Waals surface area contributed by atoms with E-state index in [0.29, 0.717) is 0 Å². The molecule has 1 aliphatic carbocycles. The Balaban J connectivity index is 1.52. The summed E-state index contributed by atoms with van der Waals surface area (Å²) in [7, 11) is 0. The highest BCUT2D eigenvalue weighted by Gasteiger charge is 2.58. The maximum absolute atomic E-state index is 11.1. The first-order chi connectivity index (χ1) is 9.63. The summed E-state index contributed by atoms with van der Waals surface area (Å²) in [4.78, 5) is 13.5. The standard InChI is InChI=1S/C17H23NO2/c1-2-13-3-5-14(6-4-13)12-18-9-7-17(8-10-18)11-15(17)16(19)20/h3-6,15H,2,7-12H2,1H3,(H,19,20). The minimum atomic E-state index is -0.589. The summed E-state index contributed by atoms with van der Waals surface area (Å²) in [5, 5.41) is 9.11. The number of rotatable bonds is 4. The van der Waals surface area contributed by atoms with Gasteiger partial charge in [-0.3, -0.25) is 9.69 Å². The number of benzene rings is 1. The van der Waals surface area contributed by atoms with Crippen LogP contribution in [-0.4, -0.2) is 29.1 Å². The van der Waals surface area contributed by atoms with E-state index < -0.39 is 5.97 Å². The van der Waals surface area contributed by atoms with Crippen LogP contribution in [-0.2, 0) is 17.8 Å². The number of nitrogens with zero attached hydrogens (tertiary/aromatic N) is 1. The van der Waals surface area contributed by atoms with Gasteiger partial charge in [-0.2, -0.15) is 0 Å². The Bertz CT molecular complexity index is 486. The lowest BCUT2D eigenvalue weighted by Crippen LogP contribution is -2.35. The van der Waals surface area contributed by atoms with Gasteiger partial charge < -0.3 is 5.11 Å². The number of hydrogen-bond donors (Lipinski definition) is 1. The van der Waals surface area contributed by atoms with Crippen LogP contribution < -0.4 is 0 Å². The average Bonchev–Trinajstić information content (AvgIpc) is 3.17. The van der Waals surface area contributed by atoms with Crippen molar-refractivity contribution >= 4 is 5.97 Å². The predicted molar refractivity (Wildman–Crippen MR) is 78.5 cm³/mol. The summed E-state index contributed by atoms with van der Waals surface area (Å²) in [6, 6.07) is 8.87. The first kappa shape index (κ1) is 13.6. The molecule has 1 saturated heterocycles. The van der Waals surface area contributed by atoms with Crippen LogP contribution in [0.4, 0.5) is 0 Å². The third-order valence-electron chi connectivity index (χ3n) is 5.18. The van der Waals surface area contributed by atoms with Gasteiger partial charge in [-0.05, 0) is 55.3 Å². The number of aryl methyl sites for hydroxylation is 1. The molecule has 3 rings (SSSR count). The molecule has 0 bridgehead atoms. The van der Waals surface area contributed by atoms with Gasteiger partial charge in [0.25, 0.3) is 0 Å². The van der Waals surface area contributed by atoms with Gasteiger partial charge in [0.15, 0.2) is 0 Å². The topological polar surface area (TPSA) is 40.5 Å². The highest BCUT2D eigenvalue weighted by Crippen LogP contribution is 2.59. The fourth-order valence-corrected chi connectivity index (χ4v) is 3.54. The second-order valence-corrected chi connectivity index (χ2v) is 6.40. The molecule has 0 amide bonds. The monoisotopic (exact) mass is 273 g/mol. The van der Waals surface area contributed by atoms with Gasteiger partial charge in [0.05, 0.1) is 5.92 Å². The summed E-state index contributed by atoms with van der Waals surface area (Å²) >= 11 is 0. The number of likely N-dealkylation sites (tertiary alicyclic amines) is 1. The van der Waals surface area contributed by atoms with Crippen molar-refractivity contribution in [1.29, 1.82) is 0 Å². The fraction of sp³-hybridized carbons (Fsp3) is 0.588. The molecule has 1 N–H and O–H groups in total. The summed E-state index contributed by atoms with van der Waals surface area (Å²) in [5.74, 6) is -0.651. The highest BCUT2D eigenvalue weighted by molar-refractivity contribution is 5.74. The number of carboxylic acids is 1. The van der Waals surface area contributed by atoms with E-state index in [0.717, 1.165) is 45.3 Å². The average molecular weight is 273 g/mol. The third-order valence-corrected chi connectivity index (χ3v) is 5.18. The van der Waals surface area contributed by atoms with Crippen molar-refractivity contribution in [2.45, 2.75) is 39.2 Å². The molecule has 1 aliphatic heterocycles. The largest absolute Gasteiger partial charge is 0.481 e. The molecule has 2 aliphatic rings. The summed E-state index contributed by atoms with van der Waals surface area (Å²) in [6.45, 7) is 5.25. The molecule has 1 aromatic rings. The Morgan fingerprint density at radius 3 is 2.35 bits per heavy atom. The van der Waals surface area contributed by atoms with Crippen LogP contribution in [0.1, 0.15) is 37.3 Å². The second-order valence-electron chi connectivity index (χ2n) is 6.40. The van der Waals surface area contributed by atoms with E-state index in [2.05, 4.69) is 36.1 Å².